The molecule has 0 N–H and O–H groups in total. The number of aryl methyl sites for hydroxylation is 3. The van der Waals surface area contributed by atoms with Gasteiger partial charge >= 0.3 is 0 Å². The van der Waals surface area contributed by atoms with Crippen molar-refractivity contribution in [3.63, 3.8) is 0 Å². The van der Waals surface area contributed by atoms with Gasteiger partial charge in [0.05, 0.1) is 0 Å². The number of rotatable bonds is 7. The van der Waals surface area contributed by atoms with Crippen LogP contribution in [0.1, 0.15) is 77.5 Å². The van der Waals surface area contributed by atoms with Crippen LogP contribution in [-0.2, 0) is 30.5 Å². The molecule has 0 aliphatic heterocycles. The lowest BCUT2D eigenvalue weighted by molar-refractivity contribution is -0.116. The number of ketones is 1. The monoisotopic (exact) mass is 420 g/mol. The predicted octanol–water partition coefficient (Wildman–Crippen LogP) is 7.25. The summed E-state index contributed by atoms with van der Waals surface area (Å²) in [5.41, 5.74) is 11.7. The Bertz CT molecular complexity index is 1150. The van der Waals surface area contributed by atoms with Crippen molar-refractivity contribution >= 4 is 11.9 Å². The molecule has 1 heteroatoms. The summed E-state index contributed by atoms with van der Waals surface area (Å²) in [6.45, 7) is 1.71. The smallest absolute Gasteiger partial charge is 0.130 e. The van der Waals surface area contributed by atoms with Crippen LogP contribution in [0.3, 0.4) is 0 Å². The first-order valence-electron chi connectivity index (χ1n) is 12.2. The van der Waals surface area contributed by atoms with E-state index >= 15 is 0 Å². The van der Waals surface area contributed by atoms with Crippen LogP contribution < -0.4 is 0 Å². The van der Waals surface area contributed by atoms with E-state index in [1.165, 1.54) is 59.1 Å². The molecule has 1 atom stereocenters. The minimum Gasteiger partial charge on any atom is -0.300 e. The molecule has 0 saturated heterocycles. The van der Waals surface area contributed by atoms with Gasteiger partial charge in [-0.05, 0) is 90.8 Å². The molecule has 32 heavy (non-hydrogen) atoms. The zero-order chi connectivity index (χ0) is 21.9. The van der Waals surface area contributed by atoms with E-state index in [0.717, 1.165) is 19.3 Å². The SMILES string of the molecule is CC(=O)CCC1=Cc2ccccc2C1c1cc2c(c(CCc3ccccc3)c1)CCCC2. The Morgan fingerprint density at radius 1 is 0.875 bits per heavy atom. The highest BCUT2D eigenvalue weighted by Gasteiger charge is 2.28. The molecule has 2 aliphatic carbocycles. The maximum atomic E-state index is 11.8. The van der Waals surface area contributed by atoms with Crippen molar-refractivity contribution in [3.05, 3.63) is 111 Å². The molecule has 0 fully saturated rings. The second-order valence-electron chi connectivity index (χ2n) is 9.49. The second kappa shape index (κ2) is 9.28. The molecule has 0 amide bonds. The Hall–Kier alpha value is -2.93. The molecule has 1 nitrogen and oxygen atoms in total. The maximum absolute atomic E-state index is 11.8. The maximum Gasteiger partial charge on any atom is 0.130 e. The van der Waals surface area contributed by atoms with Gasteiger partial charge in [0.15, 0.2) is 0 Å². The van der Waals surface area contributed by atoms with E-state index in [-0.39, 0.29) is 11.7 Å². The Labute approximate surface area is 192 Å². The number of hydrogen-bond acceptors (Lipinski definition) is 1. The first kappa shape index (κ1) is 20.9. The molecule has 1 unspecified atom stereocenters. The number of carbonyl (C=O) groups is 1. The van der Waals surface area contributed by atoms with E-state index in [9.17, 15) is 4.79 Å². The number of benzene rings is 3. The molecule has 0 saturated carbocycles. The van der Waals surface area contributed by atoms with Gasteiger partial charge in [-0.25, -0.2) is 0 Å². The fourth-order valence-corrected chi connectivity index (χ4v) is 5.62. The highest BCUT2D eigenvalue weighted by atomic mass is 16.1. The number of fused-ring (bicyclic) bond motifs is 2. The number of Topliss-reactive ketones (excluding diaryl/α,β-unsaturated/α-hetero) is 1. The van der Waals surface area contributed by atoms with E-state index in [1.54, 1.807) is 18.1 Å². The average molecular weight is 421 g/mol. The molecule has 0 radical (unpaired) electrons. The third kappa shape index (κ3) is 4.35. The van der Waals surface area contributed by atoms with Gasteiger partial charge in [-0.2, -0.15) is 0 Å². The number of allylic oxidation sites excluding steroid dienone is 1. The van der Waals surface area contributed by atoms with Crippen molar-refractivity contribution < 1.29 is 4.79 Å². The largest absolute Gasteiger partial charge is 0.300 e. The van der Waals surface area contributed by atoms with Crippen LogP contribution in [0.25, 0.3) is 6.08 Å². The van der Waals surface area contributed by atoms with Crippen molar-refractivity contribution in [2.24, 2.45) is 0 Å². The Morgan fingerprint density at radius 3 is 2.50 bits per heavy atom. The summed E-state index contributed by atoms with van der Waals surface area (Å²) < 4.78 is 0. The van der Waals surface area contributed by atoms with Crippen LogP contribution in [0, 0.1) is 0 Å². The number of carbonyl (C=O) groups excluding carboxylic acids is 1. The van der Waals surface area contributed by atoms with E-state index < -0.39 is 0 Å². The first-order valence-corrected chi connectivity index (χ1v) is 12.2. The van der Waals surface area contributed by atoms with Crippen molar-refractivity contribution in [2.45, 2.75) is 64.2 Å². The van der Waals surface area contributed by atoms with Crippen molar-refractivity contribution in [2.75, 3.05) is 0 Å². The van der Waals surface area contributed by atoms with Crippen molar-refractivity contribution in [1.29, 1.82) is 0 Å². The predicted molar refractivity (Wildman–Crippen MR) is 133 cm³/mol. The van der Waals surface area contributed by atoms with Gasteiger partial charge < -0.3 is 4.79 Å². The summed E-state index contributed by atoms with van der Waals surface area (Å²) in [7, 11) is 0. The summed E-state index contributed by atoms with van der Waals surface area (Å²) >= 11 is 0. The Morgan fingerprint density at radius 2 is 1.66 bits per heavy atom. The molecule has 3 aromatic carbocycles. The minimum atomic E-state index is 0.273. The van der Waals surface area contributed by atoms with Crippen LogP contribution >= 0.6 is 0 Å². The molecular formula is C31H32O. The molecule has 5 rings (SSSR count). The molecule has 3 aromatic rings. The highest BCUT2D eigenvalue weighted by molar-refractivity contribution is 5.77. The molecule has 0 heterocycles. The Balaban J connectivity index is 1.53. The van der Waals surface area contributed by atoms with Gasteiger partial charge in [0, 0.05) is 12.3 Å². The van der Waals surface area contributed by atoms with E-state index in [2.05, 4.69) is 72.8 Å². The Kier molecular flexibility index (Phi) is 6.08. The third-order valence-electron chi connectivity index (χ3n) is 7.22. The van der Waals surface area contributed by atoms with Crippen LogP contribution in [0.15, 0.2) is 72.3 Å². The highest BCUT2D eigenvalue weighted by Crippen LogP contribution is 2.44. The van der Waals surface area contributed by atoms with Gasteiger partial charge in [-0.3, -0.25) is 0 Å². The normalized spacial score (nSPS) is 16.9. The summed E-state index contributed by atoms with van der Waals surface area (Å²) in [4.78, 5) is 11.8. The topological polar surface area (TPSA) is 17.1 Å². The van der Waals surface area contributed by atoms with E-state index in [4.69, 9.17) is 0 Å². The lowest BCUT2D eigenvalue weighted by Gasteiger charge is -2.25. The van der Waals surface area contributed by atoms with E-state index in [0.29, 0.717) is 6.42 Å². The number of hydrogen-bond donors (Lipinski definition) is 0. The average Bonchev–Trinajstić information content (AvgIpc) is 3.20. The zero-order valence-electron chi connectivity index (χ0n) is 19.1. The van der Waals surface area contributed by atoms with Gasteiger partial charge in [-0.15, -0.1) is 0 Å². The zero-order valence-corrected chi connectivity index (χ0v) is 19.1. The standard InChI is InChI=1S/C31H32O/c1-22(32)15-17-27-19-25-12-6-8-14-30(25)31(27)28-20-24-11-5-7-13-29(24)26(21-28)18-16-23-9-3-2-4-10-23/h2-4,6,8-10,12,14,19-21,31H,5,7,11,13,15-18H2,1H3. The fraction of sp³-hybridized carbons (Fsp3) is 0.323. The van der Waals surface area contributed by atoms with Crippen LogP contribution in [0.4, 0.5) is 0 Å². The molecule has 162 valence electrons. The molecule has 0 aromatic heterocycles. The van der Waals surface area contributed by atoms with Gasteiger partial charge in [0.2, 0.25) is 0 Å². The summed E-state index contributed by atoms with van der Waals surface area (Å²) in [6, 6.07) is 24.6. The van der Waals surface area contributed by atoms with Gasteiger partial charge in [0.1, 0.15) is 5.78 Å². The van der Waals surface area contributed by atoms with Crippen LogP contribution in [0.2, 0.25) is 0 Å². The molecule has 0 bridgehead atoms. The van der Waals surface area contributed by atoms with Gasteiger partial charge in [-0.1, -0.05) is 78.4 Å². The second-order valence-corrected chi connectivity index (χ2v) is 9.49. The lowest BCUT2D eigenvalue weighted by Crippen LogP contribution is -2.11. The summed E-state index contributed by atoms with van der Waals surface area (Å²) in [5, 5.41) is 0. The molecule has 2 aliphatic rings. The first-order chi connectivity index (χ1) is 15.7. The van der Waals surface area contributed by atoms with E-state index in [1.807, 2.05) is 0 Å². The van der Waals surface area contributed by atoms with Crippen molar-refractivity contribution in [1.82, 2.24) is 0 Å². The summed E-state index contributed by atoms with van der Waals surface area (Å²) in [6.07, 6.45) is 11.0. The van der Waals surface area contributed by atoms with Crippen LogP contribution in [-0.4, -0.2) is 5.78 Å². The molecule has 0 spiro atoms. The molecular weight excluding hydrogens is 388 g/mol. The fourth-order valence-electron chi connectivity index (χ4n) is 5.62. The lowest BCUT2D eigenvalue weighted by atomic mass is 9.79. The third-order valence-corrected chi connectivity index (χ3v) is 7.22. The van der Waals surface area contributed by atoms with Gasteiger partial charge in [0.25, 0.3) is 0 Å². The minimum absolute atomic E-state index is 0.273. The van der Waals surface area contributed by atoms with Crippen LogP contribution in [0.5, 0.6) is 0 Å². The quantitative estimate of drug-likeness (QED) is 0.393. The van der Waals surface area contributed by atoms with Crippen molar-refractivity contribution in [3.8, 4) is 0 Å². The summed E-state index contributed by atoms with van der Waals surface area (Å²) in [5.74, 6) is 0.558.